The van der Waals surface area contributed by atoms with Crippen LogP contribution < -0.4 is 5.32 Å². The van der Waals surface area contributed by atoms with Gasteiger partial charge in [-0.25, -0.2) is 0 Å². The summed E-state index contributed by atoms with van der Waals surface area (Å²) in [6.45, 7) is 0. The number of anilines is 1. The molecule has 1 heterocycles. The first-order valence-corrected chi connectivity index (χ1v) is 5.53. The molecule has 3 rings (SSSR count). The minimum atomic E-state index is -4.52. The molecule has 0 radical (unpaired) electrons. The van der Waals surface area contributed by atoms with Crippen LogP contribution in [0.4, 0.5) is 18.9 Å². The Balaban J connectivity index is 2.11. The first-order chi connectivity index (χ1) is 8.76. The second-order valence-corrected chi connectivity index (χ2v) is 4.78. The molecule has 0 saturated heterocycles. The van der Waals surface area contributed by atoms with Gasteiger partial charge in [0.2, 0.25) is 5.91 Å². The molecule has 1 aliphatic heterocycles. The van der Waals surface area contributed by atoms with Crippen molar-refractivity contribution in [3.8, 4) is 0 Å². The van der Waals surface area contributed by atoms with Gasteiger partial charge < -0.3 is 10.4 Å². The molecular formula is C12H8F3NO3. The van der Waals surface area contributed by atoms with Crippen LogP contribution in [0.1, 0.15) is 17.5 Å². The number of benzene rings is 1. The number of carboxylic acids is 1. The Morgan fingerprint density at radius 3 is 2.63 bits per heavy atom. The topological polar surface area (TPSA) is 66.4 Å². The molecule has 1 aromatic carbocycles. The second kappa shape index (κ2) is 3.28. The summed E-state index contributed by atoms with van der Waals surface area (Å²) < 4.78 is 38.0. The molecule has 1 fully saturated rings. The van der Waals surface area contributed by atoms with Crippen LogP contribution in [0, 0.1) is 5.92 Å². The van der Waals surface area contributed by atoms with Gasteiger partial charge in [-0.05, 0) is 30.2 Å². The van der Waals surface area contributed by atoms with E-state index in [2.05, 4.69) is 5.32 Å². The van der Waals surface area contributed by atoms with Crippen molar-refractivity contribution in [2.24, 2.45) is 5.92 Å². The van der Waals surface area contributed by atoms with E-state index in [1.54, 1.807) is 0 Å². The number of fused-ring (bicyclic) bond motifs is 2. The number of hydrogen-bond donors (Lipinski definition) is 2. The van der Waals surface area contributed by atoms with E-state index in [9.17, 15) is 22.8 Å². The third-order valence-corrected chi connectivity index (χ3v) is 3.74. The van der Waals surface area contributed by atoms with E-state index in [-0.39, 0.29) is 17.7 Å². The lowest BCUT2D eigenvalue weighted by Crippen LogP contribution is -2.24. The normalized spacial score (nSPS) is 28.2. The van der Waals surface area contributed by atoms with Crippen molar-refractivity contribution in [3.63, 3.8) is 0 Å². The molecule has 1 spiro atoms. The van der Waals surface area contributed by atoms with Crippen molar-refractivity contribution < 1.29 is 27.9 Å². The Morgan fingerprint density at radius 1 is 1.42 bits per heavy atom. The summed E-state index contributed by atoms with van der Waals surface area (Å²) in [6, 6.07) is 2.91. The molecule has 2 aliphatic rings. The van der Waals surface area contributed by atoms with Crippen molar-refractivity contribution >= 4 is 17.6 Å². The Hall–Kier alpha value is -2.05. The number of amides is 1. The molecule has 4 nitrogen and oxygen atoms in total. The zero-order valence-electron chi connectivity index (χ0n) is 9.41. The predicted octanol–water partition coefficient (Wildman–Crippen LogP) is 2.00. The van der Waals surface area contributed by atoms with Crippen molar-refractivity contribution in [2.75, 3.05) is 5.32 Å². The van der Waals surface area contributed by atoms with Crippen LogP contribution in [0.3, 0.4) is 0 Å². The molecule has 1 amide bonds. The third-order valence-electron chi connectivity index (χ3n) is 3.74. The van der Waals surface area contributed by atoms with Crippen LogP contribution in [0.2, 0.25) is 0 Å². The Kier molecular flexibility index (Phi) is 2.08. The van der Waals surface area contributed by atoms with Crippen LogP contribution in [0.15, 0.2) is 18.2 Å². The summed E-state index contributed by atoms with van der Waals surface area (Å²) in [7, 11) is 0. The fraction of sp³-hybridized carbons (Fsp3) is 0.333. The zero-order valence-corrected chi connectivity index (χ0v) is 9.41. The zero-order chi connectivity index (χ0) is 14.0. The third kappa shape index (κ3) is 1.47. The van der Waals surface area contributed by atoms with Gasteiger partial charge in [0.25, 0.3) is 0 Å². The van der Waals surface area contributed by atoms with Crippen molar-refractivity contribution in [3.05, 3.63) is 29.3 Å². The van der Waals surface area contributed by atoms with Crippen molar-refractivity contribution in [1.82, 2.24) is 0 Å². The molecular weight excluding hydrogens is 263 g/mol. The van der Waals surface area contributed by atoms with E-state index in [1.165, 1.54) is 6.07 Å². The van der Waals surface area contributed by atoms with Gasteiger partial charge in [-0.15, -0.1) is 0 Å². The van der Waals surface area contributed by atoms with Gasteiger partial charge in [-0.3, -0.25) is 9.59 Å². The number of aliphatic carboxylic acids is 1. The minimum absolute atomic E-state index is 0.0441. The largest absolute Gasteiger partial charge is 0.481 e. The number of rotatable bonds is 1. The molecule has 2 unspecified atom stereocenters. The highest BCUT2D eigenvalue weighted by Gasteiger charge is 2.68. The second-order valence-electron chi connectivity index (χ2n) is 4.78. The highest BCUT2D eigenvalue weighted by Crippen LogP contribution is 2.60. The first kappa shape index (κ1) is 12.0. The Bertz CT molecular complexity index is 611. The summed E-state index contributed by atoms with van der Waals surface area (Å²) >= 11 is 0. The minimum Gasteiger partial charge on any atom is -0.481 e. The lowest BCUT2D eigenvalue weighted by molar-refractivity contribution is -0.140. The fourth-order valence-electron chi connectivity index (χ4n) is 2.66. The van der Waals surface area contributed by atoms with Crippen molar-refractivity contribution in [1.29, 1.82) is 0 Å². The Morgan fingerprint density at radius 2 is 2.11 bits per heavy atom. The lowest BCUT2D eigenvalue weighted by Gasteiger charge is -2.10. The lowest BCUT2D eigenvalue weighted by atomic mass is 9.93. The molecule has 7 heteroatoms. The van der Waals surface area contributed by atoms with Crippen LogP contribution in [-0.2, 0) is 21.2 Å². The molecule has 2 atom stereocenters. The predicted molar refractivity (Wildman–Crippen MR) is 57.5 cm³/mol. The first-order valence-electron chi connectivity index (χ1n) is 5.53. The average molecular weight is 271 g/mol. The van der Waals surface area contributed by atoms with Gasteiger partial charge in [-0.1, -0.05) is 0 Å². The molecule has 1 aromatic rings. The number of carboxylic acid groups (broad SMARTS) is 1. The Labute approximate surface area is 105 Å². The maximum Gasteiger partial charge on any atom is 0.416 e. The van der Waals surface area contributed by atoms with Gasteiger partial charge in [-0.2, -0.15) is 13.2 Å². The standard InChI is InChI=1S/C12H8F3NO3/c13-12(14,15)5-1-2-8-6(3-5)11(10(19)16-8)4-7(11)9(17)18/h1-3,7H,4H2,(H,16,19)(H,17,18). The van der Waals surface area contributed by atoms with Gasteiger partial charge >= 0.3 is 12.1 Å². The SMILES string of the molecule is O=C(O)C1CC12C(=O)Nc1ccc(C(F)(F)F)cc12. The van der Waals surface area contributed by atoms with Gasteiger partial charge in [0, 0.05) is 5.69 Å². The van der Waals surface area contributed by atoms with Gasteiger partial charge in [0.05, 0.1) is 16.9 Å². The molecule has 1 saturated carbocycles. The van der Waals surface area contributed by atoms with E-state index < -0.39 is 34.9 Å². The summed E-state index contributed by atoms with van der Waals surface area (Å²) in [5.74, 6) is -2.65. The summed E-state index contributed by atoms with van der Waals surface area (Å²) in [6.07, 6.45) is -4.47. The summed E-state index contributed by atoms with van der Waals surface area (Å²) in [5.41, 5.74) is -1.79. The number of carbonyl (C=O) groups excluding carboxylic acids is 1. The molecule has 2 N–H and O–H groups in total. The monoisotopic (exact) mass is 271 g/mol. The average Bonchev–Trinajstić information content (AvgIpc) is 2.98. The van der Waals surface area contributed by atoms with Crippen LogP contribution in [-0.4, -0.2) is 17.0 Å². The maximum atomic E-state index is 12.7. The van der Waals surface area contributed by atoms with Crippen molar-refractivity contribution in [2.45, 2.75) is 18.0 Å². The van der Waals surface area contributed by atoms with Crippen LogP contribution in [0.25, 0.3) is 0 Å². The molecule has 0 bridgehead atoms. The van der Waals surface area contributed by atoms with Crippen LogP contribution >= 0.6 is 0 Å². The summed E-state index contributed by atoms with van der Waals surface area (Å²) in [5, 5.41) is 11.4. The number of alkyl halides is 3. The number of carbonyl (C=O) groups is 2. The highest BCUT2D eigenvalue weighted by atomic mass is 19.4. The van der Waals surface area contributed by atoms with E-state index in [0.29, 0.717) is 0 Å². The summed E-state index contributed by atoms with van der Waals surface area (Å²) in [4.78, 5) is 22.8. The molecule has 1 aliphatic carbocycles. The fourth-order valence-corrected chi connectivity index (χ4v) is 2.66. The highest BCUT2D eigenvalue weighted by molar-refractivity contribution is 6.12. The smallest absolute Gasteiger partial charge is 0.416 e. The van der Waals surface area contributed by atoms with E-state index >= 15 is 0 Å². The van der Waals surface area contributed by atoms with Gasteiger partial charge in [0.15, 0.2) is 0 Å². The van der Waals surface area contributed by atoms with E-state index in [4.69, 9.17) is 5.11 Å². The van der Waals surface area contributed by atoms with Crippen LogP contribution in [0.5, 0.6) is 0 Å². The van der Waals surface area contributed by atoms with E-state index in [1.807, 2.05) is 0 Å². The van der Waals surface area contributed by atoms with Gasteiger partial charge in [0.1, 0.15) is 0 Å². The number of nitrogens with one attached hydrogen (secondary N) is 1. The maximum absolute atomic E-state index is 12.7. The quantitative estimate of drug-likeness (QED) is 0.821. The van der Waals surface area contributed by atoms with E-state index in [0.717, 1.165) is 12.1 Å². The molecule has 100 valence electrons. The number of hydrogen-bond acceptors (Lipinski definition) is 2. The molecule has 19 heavy (non-hydrogen) atoms. The molecule has 0 aromatic heterocycles. The number of halogens is 3.